The normalized spacial score (nSPS) is 20.0. The minimum absolute atomic E-state index is 0.0401. The number of anilines is 1. The molecule has 0 bridgehead atoms. The summed E-state index contributed by atoms with van der Waals surface area (Å²) < 4.78 is 0. The molecule has 25 heavy (non-hydrogen) atoms. The van der Waals surface area contributed by atoms with E-state index in [4.69, 9.17) is 0 Å². The first-order valence-electron chi connectivity index (χ1n) is 8.90. The van der Waals surface area contributed by atoms with E-state index >= 15 is 0 Å². The lowest BCUT2D eigenvalue weighted by Gasteiger charge is -2.28. The first kappa shape index (κ1) is 17.4. The summed E-state index contributed by atoms with van der Waals surface area (Å²) in [5, 5.41) is 15.7. The first-order valence-corrected chi connectivity index (χ1v) is 8.90. The molecule has 1 fully saturated rings. The standard InChI is InChI=1S/C20H25N3O2/c24-14-15-7-9-17(10-8-15)23-20(25)18-5-1-2-6-19(18)22-13-16-4-3-11-21-12-16/h1-6,11-12,15,17,22,24H,7-10,13-14H2,(H,23,25). The van der Waals surface area contributed by atoms with Gasteiger partial charge in [-0.1, -0.05) is 18.2 Å². The number of carbonyl (C=O) groups is 1. The quantitative estimate of drug-likeness (QED) is 0.756. The van der Waals surface area contributed by atoms with Crippen LogP contribution >= 0.6 is 0 Å². The van der Waals surface area contributed by atoms with Gasteiger partial charge in [-0.3, -0.25) is 9.78 Å². The number of hydrogen-bond donors (Lipinski definition) is 3. The number of aliphatic hydroxyl groups excluding tert-OH is 1. The van der Waals surface area contributed by atoms with E-state index < -0.39 is 0 Å². The third-order valence-corrected chi connectivity index (χ3v) is 4.82. The molecular weight excluding hydrogens is 314 g/mol. The Balaban J connectivity index is 1.61. The van der Waals surface area contributed by atoms with Crippen LogP contribution in [0.4, 0.5) is 5.69 Å². The monoisotopic (exact) mass is 339 g/mol. The first-order chi connectivity index (χ1) is 12.3. The summed E-state index contributed by atoms with van der Waals surface area (Å²) in [6.45, 7) is 0.876. The maximum atomic E-state index is 12.7. The van der Waals surface area contributed by atoms with Crippen molar-refractivity contribution in [2.75, 3.05) is 11.9 Å². The number of rotatable bonds is 6. The summed E-state index contributed by atoms with van der Waals surface area (Å²) in [7, 11) is 0. The van der Waals surface area contributed by atoms with Crippen LogP contribution in [0.5, 0.6) is 0 Å². The van der Waals surface area contributed by atoms with E-state index in [0.717, 1.165) is 36.9 Å². The fraction of sp³-hybridized carbons (Fsp3) is 0.400. The maximum absolute atomic E-state index is 12.7. The fourth-order valence-electron chi connectivity index (χ4n) is 3.29. The van der Waals surface area contributed by atoms with Crippen molar-refractivity contribution in [1.82, 2.24) is 10.3 Å². The lowest BCUT2D eigenvalue weighted by molar-refractivity contribution is 0.0914. The van der Waals surface area contributed by atoms with Crippen LogP contribution in [0.25, 0.3) is 0 Å². The summed E-state index contributed by atoms with van der Waals surface area (Å²) in [4.78, 5) is 16.8. The number of para-hydroxylation sites is 1. The smallest absolute Gasteiger partial charge is 0.253 e. The Hall–Kier alpha value is -2.40. The molecule has 5 heteroatoms. The second-order valence-electron chi connectivity index (χ2n) is 6.63. The molecule has 5 nitrogen and oxygen atoms in total. The van der Waals surface area contributed by atoms with E-state index in [9.17, 15) is 9.90 Å². The highest BCUT2D eigenvalue weighted by Crippen LogP contribution is 2.24. The largest absolute Gasteiger partial charge is 0.396 e. The second kappa shape index (κ2) is 8.62. The molecule has 0 unspecified atom stereocenters. The molecule has 3 N–H and O–H groups in total. The minimum Gasteiger partial charge on any atom is -0.396 e. The topological polar surface area (TPSA) is 74.2 Å². The Morgan fingerprint density at radius 1 is 1.12 bits per heavy atom. The molecule has 0 aliphatic heterocycles. The molecule has 2 aromatic rings. The van der Waals surface area contributed by atoms with Gasteiger partial charge < -0.3 is 15.7 Å². The van der Waals surface area contributed by atoms with Gasteiger partial charge in [0, 0.05) is 37.3 Å². The van der Waals surface area contributed by atoms with Crippen molar-refractivity contribution in [3.8, 4) is 0 Å². The molecule has 0 spiro atoms. The third-order valence-electron chi connectivity index (χ3n) is 4.82. The lowest BCUT2D eigenvalue weighted by Crippen LogP contribution is -2.38. The van der Waals surface area contributed by atoms with Gasteiger partial charge in [0.05, 0.1) is 5.56 Å². The number of amides is 1. The molecule has 0 radical (unpaired) electrons. The van der Waals surface area contributed by atoms with Gasteiger partial charge in [0.2, 0.25) is 0 Å². The lowest BCUT2D eigenvalue weighted by atomic mass is 9.86. The van der Waals surface area contributed by atoms with Crippen molar-refractivity contribution in [2.24, 2.45) is 5.92 Å². The Morgan fingerprint density at radius 2 is 1.92 bits per heavy atom. The zero-order valence-corrected chi connectivity index (χ0v) is 14.3. The fourth-order valence-corrected chi connectivity index (χ4v) is 3.29. The van der Waals surface area contributed by atoms with Crippen LogP contribution in [0.1, 0.15) is 41.6 Å². The van der Waals surface area contributed by atoms with E-state index in [-0.39, 0.29) is 18.6 Å². The van der Waals surface area contributed by atoms with Crippen molar-refractivity contribution in [3.63, 3.8) is 0 Å². The van der Waals surface area contributed by atoms with Crippen molar-refractivity contribution in [1.29, 1.82) is 0 Å². The molecule has 1 aromatic carbocycles. The summed E-state index contributed by atoms with van der Waals surface area (Å²) in [6.07, 6.45) is 7.38. The molecule has 1 saturated carbocycles. The van der Waals surface area contributed by atoms with E-state index in [1.807, 2.05) is 42.6 Å². The minimum atomic E-state index is -0.0401. The molecule has 132 valence electrons. The number of nitrogens with one attached hydrogen (secondary N) is 2. The molecule has 1 aromatic heterocycles. The van der Waals surface area contributed by atoms with Crippen LogP contribution in [0.3, 0.4) is 0 Å². The van der Waals surface area contributed by atoms with E-state index in [1.54, 1.807) is 6.20 Å². The number of pyridine rings is 1. The predicted molar refractivity (Wildman–Crippen MR) is 98.3 cm³/mol. The summed E-state index contributed by atoms with van der Waals surface area (Å²) in [5.74, 6) is 0.350. The van der Waals surface area contributed by atoms with Crippen LogP contribution in [0.2, 0.25) is 0 Å². The van der Waals surface area contributed by atoms with Gasteiger partial charge in [-0.15, -0.1) is 0 Å². The number of aromatic nitrogens is 1. The zero-order valence-electron chi connectivity index (χ0n) is 14.3. The average Bonchev–Trinajstić information content (AvgIpc) is 2.68. The van der Waals surface area contributed by atoms with Crippen LogP contribution in [-0.4, -0.2) is 28.6 Å². The van der Waals surface area contributed by atoms with Crippen LogP contribution in [-0.2, 0) is 6.54 Å². The number of nitrogens with zero attached hydrogens (tertiary/aromatic N) is 1. The summed E-state index contributed by atoms with van der Waals surface area (Å²) >= 11 is 0. The Kier molecular flexibility index (Phi) is 6.01. The van der Waals surface area contributed by atoms with E-state index in [2.05, 4.69) is 15.6 Å². The van der Waals surface area contributed by atoms with E-state index in [0.29, 0.717) is 18.0 Å². The molecule has 1 aliphatic carbocycles. The number of benzene rings is 1. The highest BCUT2D eigenvalue weighted by Gasteiger charge is 2.23. The molecule has 0 saturated heterocycles. The Bertz CT molecular complexity index is 682. The highest BCUT2D eigenvalue weighted by atomic mass is 16.3. The van der Waals surface area contributed by atoms with E-state index in [1.165, 1.54) is 0 Å². The molecule has 0 atom stereocenters. The third kappa shape index (κ3) is 4.79. The highest BCUT2D eigenvalue weighted by molar-refractivity contribution is 5.99. The van der Waals surface area contributed by atoms with Crippen molar-refractivity contribution < 1.29 is 9.90 Å². The average molecular weight is 339 g/mol. The van der Waals surface area contributed by atoms with Gasteiger partial charge in [0.15, 0.2) is 0 Å². The molecule has 3 rings (SSSR count). The Labute approximate surface area is 148 Å². The van der Waals surface area contributed by atoms with Gasteiger partial charge in [-0.2, -0.15) is 0 Å². The maximum Gasteiger partial charge on any atom is 0.253 e. The molecule has 1 aliphatic rings. The van der Waals surface area contributed by atoms with Crippen molar-refractivity contribution in [3.05, 3.63) is 59.9 Å². The van der Waals surface area contributed by atoms with Gasteiger partial charge in [0.1, 0.15) is 0 Å². The SMILES string of the molecule is O=C(NC1CCC(CO)CC1)c1ccccc1NCc1cccnc1. The number of carbonyl (C=O) groups excluding carboxylic acids is 1. The van der Waals surface area contributed by atoms with Crippen molar-refractivity contribution in [2.45, 2.75) is 38.3 Å². The van der Waals surface area contributed by atoms with Crippen LogP contribution in [0.15, 0.2) is 48.8 Å². The predicted octanol–water partition coefficient (Wildman–Crippen LogP) is 2.97. The molecule has 1 heterocycles. The van der Waals surface area contributed by atoms with Crippen molar-refractivity contribution >= 4 is 11.6 Å². The zero-order chi connectivity index (χ0) is 17.5. The van der Waals surface area contributed by atoms with Crippen LogP contribution < -0.4 is 10.6 Å². The number of hydrogen-bond acceptors (Lipinski definition) is 4. The summed E-state index contributed by atoms with van der Waals surface area (Å²) in [5.41, 5.74) is 2.56. The summed E-state index contributed by atoms with van der Waals surface area (Å²) in [6, 6.07) is 11.7. The molecule has 1 amide bonds. The second-order valence-corrected chi connectivity index (χ2v) is 6.63. The number of aliphatic hydroxyl groups is 1. The van der Waals surface area contributed by atoms with Gasteiger partial charge in [0.25, 0.3) is 5.91 Å². The van der Waals surface area contributed by atoms with Crippen LogP contribution in [0, 0.1) is 5.92 Å². The van der Waals surface area contributed by atoms with Gasteiger partial charge in [-0.05, 0) is 55.4 Å². The van der Waals surface area contributed by atoms with Gasteiger partial charge >= 0.3 is 0 Å². The molecular formula is C20H25N3O2. The van der Waals surface area contributed by atoms with Gasteiger partial charge in [-0.25, -0.2) is 0 Å². The Morgan fingerprint density at radius 3 is 2.64 bits per heavy atom.